The minimum atomic E-state index is -10.7. The number of alkyl halides is 6. The Kier molecular flexibility index (Phi) is 15.2. The monoisotopic (exact) mass is 1000 g/mol. The minimum absolute atomic E-state index is 0. The summed E-state index contributed by atoms with van der Waals surface area (Å²) in [6, 6.07) is 25.3. The molecule has 4 aromatic heterocycles. The van der Waals surface area contributed by atoms with Crippen molar-refractivity contribution in [2.75, 3.05) is 0 Å². The molecule has 0 saturated carbocycles. The number of hydrogen-bond donors (Lipinski definition) is 0. The van der Waals surface area contributed by atoms with Gasteiger partial charge in [-0.2, -0.15) is 26.3 Å². The summed E-state index contributed by atoms with van der Waals surface area (Å²) < 4.78 is 161. The van der Waals surface area contributed by atoms with E-state index >= 15 is 0 Å². The molecule has 0 fully saturated rings. The third-order valence-electron chi connectivity index (χ3n) is 6.38. The molecule has 0 amide bonds. The van der Waals surface area contributed by atoms with Crippen LogP contribution in [0.15, 0.2) is 110 Å². The first-order chi connectivity index (χ1) is 25.2. The molecule has 4 heterocycles. The van der Waals surface area contributed by atoms with E-state index in [4.69, 9.17) is 0 Å². The van der Waals surface area contributed by atoms with Crippen LogP contribution in [0.5, 0.6) is 0 Å². The van der Waals surface area contributed by atoms with E-state index in [0.29, 0.717) is 34.6 Å². The number of pyridine rings is 4. The number of aryl methyl sites for hydroxylation is 2. The van der Waals surface area contributed by atoms with Crippen LogP contribution in [-0.4, -0.2) is 19.9 Å². The van der Waals surface area contributed by atoms with Crippen molar-refractivity contribution in [3.63, 3.8) is 0 Å². The molecule has 0 radical (unpaired) electrons. The smallest absolute Gasteiger partial charge is 3.00 e. The van der Waals surface area contributed by atoms with E-state index in [1.807, 2.05) is 26.0 Å². The van der Waals surface area contributed by atoms with Crippen molar-refractivity contribution < 1.29 is 80.4 Å². The molecule has 0 N–H and O–H groups in total. The third kappa shape index (κ3) is 17.3. The van der Waals surface area contributed by atoms with Gasteiger partial charge in [-0.3, -0.25) is 18.7 Å². The number of benzene rings is 2. The van der Waals surface area contributed by atoms with E-state index in [2.05, 4.69) is 32.1 Å². The fourth-order valence-electron chi connectivity index (χ4n) is 3.95. The van der Waals surface area contributed by atoms with Crippen LogP contribution in [0.3, 0.4) is 0 Å². The standard InChI is InChI=1S/C12H6F6N2.2C12H9FN.F6P.Ir/c13-11(14,15)7-1-3-19-9(5-7)10-6-8(2-4-20-10)12(16,17)18;2*1-9-6-7-12(14-8-9)10-4-2-3-5-11(10)13;1-7(2,3,4,5)6;/h1-6H;2*2-3,5-8H,1H3;;/q;3*-1;+3. The van der Waals surface area contributed by atoms with Gasteiger partial charge >= 0.3 is 65.4 Å². The second-order valence-electron chi connectivity index (χ2n) is 11.0. The Labute approximate surface area is 323 Å². The fourth-order valence-corrected chi connectivity index (χ4v) is 3.95. The van der Waals surface area contributed by atoms with Gasteiger partial charge in [0.15, 0.2) is 0 Å². The molecule has 6 aromatic rings. The van der Waals surface area contributed by atoms with Crippen LogP contribution < -0.4 is 0 Å². The number of hydrogen-bond acceptors (Lipinski definition) is 4. The van der Waals surface area contributed by atoms with Crippen LogP contribution >= 0.6 is 7.81 Å². The number of rotatable bonds is 3. The summed E-state index contributed by atoms with van der Waals surface area (Å²) in [5.74, 6) is -0.576. The molecule has 4 nitrogen and oxygen atoms in total. The van der Waals surface area contributed by atoms with E-state index in [0.717, 1.165) is 35.7 Å². The van der Waals surface area contributed by atoms with Gasteiger partial charge in [0.05, 0.1) is 22.5 Å². The van der Waals surface area contributed by atoms with E-state index in [1.54, 1.807) is 48.8 Å². The number of halogens is 14. The van der Waals surface area contributed by atoms with Crippen molar-refractivity contribution in [3.8, 4) is 33.9 Å². The molecule has 0 aliphatic rings. The molecule has 2 aromatic carbocycles. The molecule has 0 aliphatic carbocycles. The molecule has 0 bridgehead atoms. The van der Waals surface area contributed by atoms with Gasteiger partial charge in [0.1, 0.15) is 0 Å². The van der Waals surface area contributed by atoms with Crippen LogP contribution in [0, 0.1) is 37.6 Å². The Bertz CT molecular complexity index is 2030. The molecule has 56 heavy (non-hydrogen) atoms. The summed E-state index contributed by atoms with van der Waals surface area (Å²) in [5.41, 5.74) is 1.66. The van der Waals surface area contributed by atoms with Crippen molar-refractivity contribution in [1.82, 2.24) is 19.9 Å². The predicted octanol–water partition coefficient (Wildman–Crippen LogP) is 13.6. The zero-order chi connectivity index (χ0) is 41.3. The van der Waals surface area contributed by atoms with E-state index < -0.39 is 31.3 Å². The van der Waals surface area contributed by atoms with E-state index in [-0.39, 0.29) is 43.1 Å². The normalized spacial score (nSPS) is 12.4. The molecule has 0 unspecified atom stereocenters. The first-order valence-corrected chi connectivity index (χ1v) is 17.0. The summed E-state index contributed by atoms with van der Waals surface area (Å²) in [7, 11) is -10.7. The largest absolute Gasteiger partial charge is 3.00 e. The summed E-state index contributed by atoms with van der Waals surface area (Å²) in [5, 5.41) is 0. The van der Waals surface area contributed by atoms with Gasteiger partial charge in [0.25, 0.3) is 0 Å². The van der Waals surface area contributed by atoms with Crippen LogP contribution in [-0.2, 0) is 32.5 Å². The molecule has 6 rings (SSSR count). The second-order valence-corrected chi connectivity index (χ2v) is 13.0. The van der Waals surface area contributed by atoms with Gasteiger partial charge in [-0.05, 0) is 60.6 Å². The van der Waals surface area contributed by atoms with Gasteiger partial charge in [-0.15, -0.1) is 48.5 Å². The Balaban J connectivity index is 0.000000270. The quantitative estimate of drug-likeness (QED) is 0.101. The Hall–Kier alpha value is -4.86. The zero-order valence-electron chi connectivity index (χ0n) is 28.3. The molecular weight excluding hydrogens is 978 g/mol. The predicted molar refractivity (Wildman–Crippen MR) is 177 cm³/mol. The summed E-state index contributed by atoms with van der Waals surface area (Å²) in [6.07, 6.45) is -4.01. The average molecular weight is 1000 g/mol. The zero-order valence-corrected chi connectivity index (χ0v) is 31.5. The van der Waals surface area contributed by atoms with Crippen molar-refractivity contribution in [2.45, 2.75) is 26.2 Å². The van der Waals surface area contributed by atoms with Crippen LogP contribution in [0.2, 0.25) is 0 Å². The first kappa shape index (κ1) is 47.3. The number of nitrogens with zero attached hydrogens (tertiary/aromatic N) is 4. The minimum Gasteiger partial charge on any atom is 3.00 e. The molecule has 0 spiro atoms. The topological polar surface area (TPSA) is 51.6 Å². The van der Waals surface area contributed by atoms with Crippen LogP contribution in [0.1, 0.15) is 22.3 Å². The molecule has 300 valence electrons. The Morgan fingerprint density at radius 3 is 1.11 bits per heavy atom. The van der Waals surface area contributed by atoms with E-state index in [9.17, 15) is 60.3 Å². The van der Waals surface area contributed by atoms with E-state index in [1.165, 1.54) is 12.1 Å². The first-order valence-electron chi connectivity index (χ1n) is 15.0. The average Bonchev–Trinajstić information content (AvgIpc) is 3.08. The summed E-state index contributed by atoms with van der Waals surface area (Å²) in [4.78, 5) is 15.5. The van der Waals surface area contributed by atoms with Crippen molar-refractivity contribution in [2.24, 2.45) is 0 Å². The molecular formula is C36H24F14IrN4P. The maximum absolute atomic E-state index is 13.3. The summed E-state index contributed by atoms with van der Waals surface area (Å²) in [6.45, 7) is 3.89. The second kappa shape index (κ2) is 17.9. The molecule has 0 aliphatic heterocycles. The molecule has 20 heteroatoms. The maximum atomic E-state index is 13.3. The number of aromatic nitrogens is 4. The Morgan fingerprint density at radius 1 is 0.500 bits per heavy atom. The van der Waals surface area contributed by atoms with Gasteiger partial charge < -0.3 is 9.97 Å². The van der Waals surface area contributed by atoms with Gasteiger partial charge in [0, 0.05) is 36.4 Å². The van der Waals surface area contributed by atoms with Crippen molar-refractivity contribution >= 4 is 7.81 Å². The Morgan fingerprint density at radius 2 is 0.839 bits per heavy atom. The van der Waals surface area contributed by atoms with Crippen LogP contribution in [0.25, 0.3) is 33.9 Å². The molecule has 0 saturated heterocycles. The van der Waals surface area contributed by atoms with Gasteiger partial charge in [0.2, 0.25) is 0 Å². The van der Waals surface area contributed by atoms with Crippen LogP contribution in [0.4, 0.5) is 60.3 Å². The summed E-state index contributed by atoms with van der Waals surface area (Å²) >= 11 is 0. The fraction of sp³-hybridized carbons (Fsp3) is 0.111. The molecule has 0 atom stereocenters. The third-order valence-corrected chi connectivity index (χ3v) is 6.38. The maximum Gasteiger partial charge on any atom is 3.00 e. The van der Waals surface area contributed by atoms with Crippen molar-refractivity contribution in [3.05, 3.63) is 156 Å². The van der Waals surface area contributed by atoms with Gasteiger partial charge in [-0.25, -0.2) is 0 Å². The SMILES string of the molecule is Cc1ccc(-c2[c-]cccc2F)nc1.Cc1ccc(-c2[c-]cccc2F)nc1.FC(F)(F)c1ccnc(-c2cc(C(F)(F)F)ccn2)c1.F[P-](F)(F)(F)(F)F.[Ir+3]. The van der Waals surface area contributed by atoms with Gasteiger partial charge in [-0.1, -0.05) is 35.4 Å². The van der Waals surface area contributed by atoms with Crippen molar-refractivity contribution in [1.29, 1.82) is 0 Å².